The van der Waals surface area contributed by atoms with E-state index in [0.29, 0.717) is 17.5 Å². The molecule has 1 aromatic carbocycles. The molecule has 3 aliphatic rings. The Morgan fingerprint density at radius 2 is 2.00 bits per heavy atom. The third kappa shape index (κ3) is 2.42. The van der Waals surface area contributed by atoms with Crippen LogP contribution in [0.2, 0.25) is 0 Å². The Hall–Kier alpha value is -1.88. The number of hydrogen-bond donors (Lipinski definition) is 2. The van der Waals surface area contributed by atoms with Crippen molar-refractivity contribution < 1.29 is 14.8 Å². The molecule has 0 bridgehead atoms. The second-order valence-corrected chi connectivity index (χ2v) is 7.57. The zero-order chi connectivity index (χ0) is 16.7. The fourth-order valence-electron chi connectivity index (χ4n) is 4.87. The highest BCUT2D eigenvalue weighted by Crippen LogP contribution is 2.45. The second-order valence-electron chi connectivity index (χ2n) is 7.57. The Morgan fingerprint density at radius 1 is 1.21 bits per heavy atom. The van der Waals surface area contributed by atoms with Gasteiger partial charge >= 0.3 is 0 Å². The molecule has 1 spiro atoms. The highest BCUT2D eigenvalue weighted by atomic mass is 16.5. The average Bonchev–Trinajstić information content (AvgIpc) is 3.23. The fraction of sp³-hybridized carbons (Fsp3) is 0.579. The fourth-order valence-corrected chi connectivity index (χ4v) is 4.87. The van der Waals surface area contributed by atoms with Crippen molar-refractivity contribution in [3.63, 3.8) is 0 Å². The molecule has 2 amide bonds. The first-order chi connectivity index (χ1) is 11.6. The van der Waals surface area contributed by atoms with E-state index in [0.717, 1.165) is 50.6 Å². The smallest absolute Gasteiger partial charge is 0.274 e. The van der Waals surface area contributed by atoms with Gasteiger partial charge in [-0.1, -0.05) is 18.9 Å². The van der Waals surface area contributed by atoms with Crippen molar-refractivity contribution in [3.05, 3.63) is 34.9 Å². The summed E-state index contributed by atoms with van der Waals surface area (Å²) in [5.74, 6) is -0.125. The van der Waals surface area contributed by atoms with E-state index in [1.807, 2.05) is 12.1 Å². The summed E-state index contributed by atoms with van der Waals surface area (Å²) < 4.78 is 0. The number of carbonyl (C=O) groups excluding carboxylic acids is 2. The molecule has 1 heterocycles. The molecule has 2 N–H and O–H groups in total. The molecular weight excluding hydrogens is 304 g/mol. The first-order valence-corrected chi connectivity index (χ1v) is 9.00. The average molecular weight is 328 g/mol. The van der Waals surface area contributed by atoms with Crippen LogP contribution in [0.15, 0.2) is 18.2 Å². The molecule has 0 unspecified atom stereocenters. The minimum absolute atomic E-state index is 0.226. The Balaban J connectivity index is 1.55. The van der Waals surface area contributed by atoms with Crippen LogP contribution in [-0.2, 0) is 17.6 Å². The molecule has 0 aromatic heterocycles. The van der Waals surface area contributed by atoms with Crippen LogP contribution in [0, 0.1) is 5.41 Å². The quantitative estimate of drug-likeness (QED) is 0.647. The number of nitrogens with zero attached hydrogens (tertiary/aromatic N) is 1. The van der Waals surface area contributed by atoms with Crippen molar-refractivity contribution in [2.24, 2.45) is 5.41 Å². The van der Waals surface area contributed by atoms with Gasteiger partial charge in [0.1, 0.15) is 0 Å². The molecule has 128 valence electrons. The van der Waals surface area contributed by atoms with Gasteiger partial charge in [0.2, 0.25) is 5.91 Å². The van der Waals surface area contributed by atoms with Gasteiger partial charge < -0.3 is 4.90 Å². The highest BCUT2D eigenvalue weighted by Gasteiger charge is 2.49. The molecule has 2 aliphatic carbocycles. The van der Waals surface area contributed by atoms with Crippen molar-refractivity contribution in [2.75, 3.05) is 6.54 Å². The van der Waals surface area contributed by atoms with Crippen LogP contribution in [0.5, 0.6) is 0 Å². The summed E-state index contributed by atoms with van der Waals surface area (Å²) in [6, 6.07) is 6.00. The molecule has 5 heteroatoms. The summed E-state index contributed by atoms with van der Waals surface area (Å²) in [5, 5.41) is 8.78. The van der Waals surface area contributed by atoms with Gasteiger partial charge in [-0.05, 0) is 61.8 Å². The summed E-state index contributed by atoms with van der Waals surface area (Å²) in [4.78, 5) is 26.9. The monoisotopic (exact) mass is 328 g/mol. The van der Waals surface area contributed by atoms with Crippen LogP contribution in [0.3, 0.4) is 0 Å². The van der Waals surface area contributed by atoms with Crippen LogP contribution in [0.1, 0.15) is 60.0 Å². The molecule has 1 saturated carbocycles. The molecule has 1 aromatic rings. The molecule has 24 heavy (non-hydrogen) atoms. The van der Waals surface area contributed by atoms with Crippen LogP contribution >= 0.6 is 0 Å². The number of aryl methyl sites for hydroxylation is 1. The molecular formula is C19H24N2O3. The van der Waals surface area contributed by atoms with Gasteiger partial charge in [-0.2, -0.15) is 0 Å². The third-order valence-corrected chi connectivity index (χ3v) is 6.28. The number of fused-ring (bicyclic) bond motifs is 1. The number of nitrogens with one attached hydrogen (secondary N) is 1. The van der Waals surface area contributed by atoms with Crippen LogP contribution in [-0.4, -0.2) is 34.5 Å². The van der Waals surface area contributed by atoms with Crippen LogP contribution in [0.25, 0.3) is 0 Å². The molecule has 2 fully saturated rings. The summed E-state index contributed by atoms with van der Waals surface area (Å²) in [5.41, 5.74) is 4.24. The summed E-state index contributed by atoms with van der Waals surface area (Å²) >= 11 is 0. The Bertz CT molecular complexity index is 681. The standard InChI is InChI=1S/C19H24N2O3/c22-17(20-24)14-5-6-15-12-19(8-7-13(15)11-14)9-10-21(18(19)23)16-3-1-2-4-16/h5-6,11,16,24H,1-4,7-10,12H2,(H,20,22)/t19-/m1/s1. The molecule has 0 radical (unpaired) electrons. The summed E-state index contributed by atoms with van der Waals surface area (Å²) in [6.07, 6.45) is 8.26. The van der Waals surface area contributed by atoms with E-state index in [-0.39, 0.29) is 5.41 Å². The number of hydrogen-bond acceptors (Lipinski definition) is 3. The van der Waals surface area contributed by atoms with Gasteiger partial charge in [0.15, 0.2) is 0 Å². The van der Waals surface area contributed by atoms with E-state index in [2.05, 4.69) is 4.90 Å². The lowest BCUT2D eigenvalue weighted by molar-refractivity contribution is -0.138. The molecule has 4 rings (SSSR count). The van der Waals surface area contributed by atoms with E-state index < -0.39 is 5.91 Å². The first kappa shape index (κ1) is 15.6. The normalized spacial score (nSPS) is 26.9. The summed E-state index contributed by atoms with van der Waals surface area (Å²) in [7, 11) is 0. The van der Waals surface area contributed by atoms with Crippen molar-refractivity contribution in [2.45, 2.75) is 57.4 Å². The second kappa shape index (κ2) is 5.88. The Labute approximate surface area is 142 Å². The van der Waals surface area contributed by atoms with E-state index in [1.54, 1.807) is 11.5 Å². The molecule has 1 saturated heterocycles. The number of hydroxylamine groups is 1. The Morgan fingerprint density at radius 3 is 2.75 bits per heavy atom. The maximum Gasteiger partial charge on any atom is 0.274 e. The zero-order valence-electron chi connectivity index (χ0n) is 13.9. The molecule has 1 atom stereocenters. The number of benzene rings is 1. The van der Waals surface area contributed by atoms with Crippen LogP contribution in [0.4, 0.5) is 0 Å². The predicted octanol–water partition coefficient (Wildman–Crippen LogP) is 2.46. The Kier molecular flexibility index (Phi) is 3.83. The number of rotatable bonds is 2. The van der Waals surface area contributed by atoms with Crippen molar-refractivity contribution in [1.29, 1.82) is 0 Å². The lowest BCUT2D eigenvalue weighted by Gasteiger charge is -2.34. The lowest BCUT2D eigenvalue weighted by Crippen LogP contribution is -2.42. The SMILES string of the molecule is O=C(NO)c1ccc2c(c1)CC[C@@]1(CCN(C3CCCC3)C1=O)C2. The first-order valence-electron chi connectivity index (χ1n) is 9.00. The zero-order valence-corrected chi connectivity index (χ0v) is 13.9. The lowest BCUT2D eigenvalue weighted by atomic mass is 9.70. The van der Waals surface area contributed by atoms with Gasteiger partial charge in [-0.25, -0.2) is 5.48 Å². The van der Waals surface area contributed by atoms with Gasteiger partial charge in [0, 0.05) is 18.2 Å². The van der Waals surface area contributed by atoms with E-state index in [9.17, 15) is 9.59 Å². The maximum atomic E-state index is 13.1. The molecule has 1 aliphatic heterocycles. The van der Waals surface area contributed by atoms with Crippen molar-refractivity contribution in [3.8, 4) is 0 Å². The van der Waals surface area contributed by atoms with Gasteiger partial charge in [0.25, 0.3) is 5.91 Å². The number of carbonyl (C=O) groups is 2. The predicted molar refractivity (Wildman–Crippen MR) is 88.7 cm³/mol. The third-order valence-electron chi connectivity index (χ3n) is 6.28. The van der Waals surface area contributed by atoms with E-state index in [4.69, 9.17) is 5.21 Å². The summed E-state index contributed by atoms with van der Waals surface area (Å²) in [6.45, 7) is 0.907. The van der Waals surface area contributed by atoms with Gasteiger partial charge in [-0.15, -0.1) is 0 Å². The van der Waals surface area contributed by atoms with Crippen molar-refractivity contribution in [1.82, 2.24) is 10.4 Å². The number of likely N-dealkylation sites (tertiary alicyclic amines) is 1. The van der Waals surface area contributed by atoms with Crippen molar-refractivity contribution >= 4 is 11.8 Å². The maximum absolute atomic E-state index is 13.1. The topological polar surface area (TPSA) is 69.6 Å². The minimum atomic E-state index is -0.484. The number of amides is 2. The van der Waals surface area contributed by atoms with E-state index in [1.165, 1.54) is 18.4 Å². The largest absolute Gasteiger partial charge is 0.339 e. The van der Waals surface area contributed by atoms with E-state index >= 15 is 0 Å². The van der Waals surface area contributed by atoms with Crippen LogP contribution < -0.4 is 5.48 Å². The minimum Gasteiger partial charge on any atom is -0.339 e. The van der Waals surface area contributed by atoms with Gasteiger partial charge in [0.05, 0.1) is 5.41 Å². The highest BCUT2D eigenvalue weighted by molar-refractivity contribution is 5.93. The van der Waals surface area contributed by atoms with Gasteiger partial charge in [-0.3, -0.25) is 14.8 Å². The molecule has 5 nitrogen and oxygen atoms in total.